The molecular formula is C33H47O5PSi-. The van der Waals surface area contributed by atoms with Crippen LogP contribution in [0.25, 0.3) is 0 Å². The monoisotopic (exact) mass is 582 g/mol. The van der Waals surface area contributed by atoms with Gasteiger partial charge in [-0.05, 0) is 62.3 Å². The average Bonchev–Trinajstić information content (AvgIpc) is 2.86. The lowest BCUT2D eigenvalue weighted by atomic mass is 9.78. The Kier molecular flexibility index (Phi) is 10.6. The summed E-state index contributed by atoms with van der Waals surface area (Å²) >= 11 is 0. The predicted molar refractivity (Wildman–Crippen MR) is 167 cm³/mol. The highest BCUT2D eigenvalue weighted by molar-refractivity contribution is 7.48. The third kappa shape index (κ3) is 8.89. The Hall–Kier alpha value is -2.21. The summed E-state index contributed by atoms with van der Waals surface area (Å²) in [4.78, 5) is 0. The zero-order chi connectivity index (χ0) is 29.6. The van der Waals surface area contributed by atoms with Crippen LogP contribution in [0.15, 0.2) is 72.8 Å². The van der Waals surface area contributed by atoms with Crippen molar-refractivity contribution in [3.8, 4) is 5.75 Å². The topological polar surface area (TPSA) is 54.0 Å². The molecule has 0 N–H and O–H groups in total. The zero-order valence-corrected chi connectivity index (χ0v) is 27.6. The number of benzene rings is 3. The third-order valence-corrected chi connectivity index (χ3v) is 13.6. The summed E-state index contributed by atoms with van der Waals surface area (Å²) in [5.41, 5.74) is 4.55. The first kappa shape index (κ1) is 32.3. The van der Waals surface area contributed by atoms with Gasteiger partial charge in [-0.2, -0.15) is 0 Å². The Bertz CT molecular complexity index is 1240. The molecule has 5 nitrogen and oxygen atoms in total. The minimum absolute atomic E-state index is 0.108. The largest absolute Gasteiger partial charge is 0.564 e. The number of hydrogen-bond acceptors (Lipinski definition) is 5. The molecule has 219 valence electrons. The van der Waals surface area contributed by atoms with Gasteiger partial charge < -0.3 is 8.95 Å². The van der Waals surface area contributed by atoms with Gasteiger partial charge in [-0.1, -0.05) is 101 Å². The molecule has 0 unspecified atom stereocenters. The molecule has 0 fully saturated rings. The van der Waals surface area contributed by atoms with Crippen molar-refractivity contribution < 1.29 is 22.6 Å². The maximum atomic E-state index is 14.2. The lowest BCUT2D eigenvalue weighted by Crippen LogP contribution is -2.41. The van der Waals surface area contributed by atoms with E-state index in [0.29, 0.717) is 12.4 Å². The number of rotatable bonds is 13. The van der Waals surface area contributed by atoms with Crippen molar-refractivity contribution in [2.24, 2.45) is 0 Å². The summed E-state index contributed by atoms with van der Waals surface area (Å²) < 4.78 is 38.9. The molecule has 3 aromatic rings. The summed E-state index contributed by atoms with van der Waals surface area (Å²) in [6, 6.07) is 23.3. The highest BCUT2D eigenvalue weighted by Gasteiger charge is 2.34. The SMILES string of the molecule is Cc1cc(C)c(C(C)(C)CCO[Si-](C)(C)C(C)(C)C)c(OP(=O)(OCc2ccccc2)OCc2ccccc2)c1. The van der Waals surface area contributed by atoms with E-state index in [2.05, 4.69) is 60.7 Å². The summed E-state index contributed by atoms with van der Waals surface area (Å²) in [6.07, 6.45) is 0.791. The van der Waals surface area contributed by atoms with Gasteiger partial charge in [0, 0.05) is 12.2 Å². The van der Waals surface area contributed by atoms with Crippen molar-refractivity contribution in [2.75, 3.05) is 6.61 Å². The van der Waals surface area contributed by atoms with Crippen LogP contribution in [0.5, 0.6) is 5.75 Å². The summed E-state index contributed by atoms with van der Waals surface area (Å²) in [5.74, 6) is 0.527. The van der Waals surface area contributed by atoms with E-state index in [1.807, 2.05) is 73.7 Å². The Balaban J connectivity index is 1.90. The molecule has 3 aromatic carbocycles. The van der Waals surface area contributed by atoms with Crippen LogP contribution in [0.2, 0.25) is 18.1 Å². The van der Waals surface area contributed by atoms with Gasteiger partial charge >= 0.3 is 7.82 Å². The number of phosphoric acid groups is 1. The van der Waals surface area contributed by atoms with Crippen molar-refractivity contribution in [3.05, 3.63) is 101 Å². The fourth-order valence-corrected chi connectivity index (χ4v) is 6.66. The Morgan fingerprint density at radius 3 is 1.75 bits per heavy atom. The molecule has 0 spiro atoms. The first-order valence-corrected chi connectivity index (χ1v) is 18.4. The molecule has 0 heterocycles. The van der Waals surface area contributed by atoms with Crippen molar-refractivity contribution in [1.82, 2.24) is 0 Å². The van der Waals surface area contributed by atoms with Crippen LogP contribution in [0, 0.1) is 13.8 Å². The molecule has 3 rings (SSSR count). The molecule has 0 aromatic heterocycles. The van der Waals surface area contributed by atoms with Gasteiger partial charge in [-0.15, -0.1) is 18.1 Å². The quantitative estimate of drug-likeness (QED) is 0.148. The van der Waals surface area contributed by atoms with E-state index in [0.717, 1.165) is 34.2 Å². The predicted octanol–water partition coefficient (Wildman–Crippen LogP) is 9.91. The smallest absolute Gasteiger partial charge is 0.530 e. The van der Waals surface area contributed by atoms with Crippen LogP contribution in [0.1, 0.15) is 68.9 Å². The number of hydrogen-bond donors (Lipinski definition) is 0. The van der Waals surface area contributed by atoms with Gasteiger partial charge in [0.15, 0.2) is 0 Å². The molecule has 0 saturated carbocycles. The van der Waals surface area contributed by atoms with E-state index >= 15 is 0 Å². The van der Waals surface area contributed by atoms with E-state index < -0.39 is 16.1 Å². The molecule has 0 amide bonds. The minimum Gasteiger partial charge on any atom is -0.564 e. The second-order valence-electron chi connectivity index (χ2n) is 12.8. The Labute approximate surface area is 243 Å². The van der Waals surface area contributed by atoms with E-state index in [1.165, 1.54) is 0 Å². The lowest BCUT2D eigenvalue weighted by Gasteiger charge is -2.49. The van der Waals surface area contributed by atoms with Crippen molar-refractivity contribution in [3.63, 3.8) is 0 Å². The van der Waals surface area contributed by atoms with Crippen LogP contribution >= 0.6 is 7.82 Å². The Morgan fingerprint density at radius 2 is 1.27 bits per heavy atom. The number of aryl methyl sites for hydroxylation is 2. The van der Waals surface area contributed by atoms with Gasteiger partial charge in [-0.25, -0.2) is 4.57 Å². The van der Waals surface area contributed by atoms with Gasteiger partial charge in [0.05, 0.1) is 13.2 Å². The molecule has 0 bridgehead atoms. The lowest BCUT2D eigenvalue weighted by molar-refractivity contribution is 0.142. The van der Waals surface area contributed by atoms with E-state index in [-0.39, 0.29) is 23.7 Å². The molecule has 0 radical (unpaired) electrons. The van der Waals surface area contributed by atoms with Crippen molar-refractivity contribution in [1.29, 1.82) is 0 Å². The van der Waals surface area contributed by atoms with E-state index in [1.54, 1.807) is 0 Å². The van der Waals surface area contributed by atoms with Crippen LogP contribution in [-0.2, 0) is 36.7 Å². The summed E-state index contributed by atoms with van der Waals surface area (Å²) in [6.45, 7) is 20.6. The molecule has 0 aliphatic carbocycles. The van der Waals surface area contributed by atoms with Crippen LogP contribution in [-0.4, -0.2) is 14.9 Å². The molecular weight excluding hydrogens is 535 g/mol. The fraction of sp³-hybridized carbons (Fsp3) is 0.455. The Morgan fingerprint density at radius 1 is 0.775 bits per heavy atom. The first-order chi connectivity index (χ1) is 18.6. The molecule has 40 heavy (non-hydrogen) atoms. The number of phosphoric ester groups is 1. The van der Waals surface area contributed by atoms with E-state index in [9.17, 15) is 4.57 Å². The zero-order valence-electron chi connectivity index (χ0n) is 25.7. The highest BCUT2D eigenvalue weighted by Crippen LogP contribution is 2.53. The summed E-state index contributed by atoms with van der Waals surface area (Å²) in [5, 5.41) is 0.143. The second kappa shape index (κ2) is 13.2. The first-order valence-electron chi connectivity index (χ1n) is 14.0. The molecule has 0 atom stereocenters. The second-order valence-corrected chi connectivity index (χ2v) is 19.2. The molecule has 0 aliphatic rings. The normalized spacial score (nSPS) is 12.9. The van der Waals surface area contributed by atoms with Crippen LogP contribution in [0.3, 0.4) is 0 Å². The third-order valence-electron chi connectivity index (χ3n) is 7.79. The highest BCUT2D eigenvalue weighted by atomic mass is 31.2. The van der Waals surface area contributed by atoms with E-state index in [4.69, 9.17) is 18.0 Å². The van der Waals surface area contributed by atoms with Crippen LogP contribution in [0.4, 0.5) is 0 Å². The molecule has 0 saturated heterocycles. The van der Waals surface area contributed by atoms with Crippen LogP contribution < -0.4 is 4.52 Å². The van der Waals surface area contributed by atoms with Gasteiger partial charge in [0.2, 0.25) is 0 Å². The fourth-order valence-electron chi connectivity index (χ4n) is 4.44. The molecule has 0 aliphatic heterocycles. The van der Waals surface area contributed by atoms with Gasteiger partial charge in [0.25, 0.3) is 0 Å². The van der Waals surface area contributed by atoms with Gasteiger partial charge in [-0.3, -0.25) is 9.05 Å². The summed E-state index contributed by atoms with van der Waals surface area (Å²) in [7, 11) is -5.89. The van der Waals surface area contributed by atoms with Gasteiger partial charge in [0.1, 0.15) is 5.75 Å². The van der Waals surface area contributed by atoms with Crippen molar-refractivity contribution in [2.45, 2.75) is 91.6 Å². The maximum Gasteiger partial charge on any atom is 0.530 e. The minimum atomic E-state index is -4.01. The molecule has 7 heteroatoms. The average molecular weight is 583 g/mol. The maximum absolute atomic E-state index is 14.2. The standard InChI is InChI=1S/C33H47O5PSi/c1-26-22-27(2)31(33(6,7)20-21-37-40(8,9)32(3,4)5)30(23-26)38-39(34,35-24-28-16-12-10-13-17-28)36-25-29-18-14-11-15-19-29/h10-19,22-23H,20-21,24-25H2,1-9H3/q-1. The van der Waals surface area contributed by atoms with Crippen molar-refractivity contribution >= 4 is 16.1 Å².